The minimum Gasteiger partial charge on any atom is -0.324 e. The predicted molar refractivity (Wildman–Crippen MR) is 62.2 cm³/mol. The second-order valence-electron chi connectivity index (χ2n) is 4.35. The van der Waals surface area contributed by atoms with E-state index in [2.05, 4.69) is 46.4 Å². The molecule has 0 saturated carbocycles. The average Bonchev–Trinajstić information content (AvgIpc) is 2.74. The Bertz CT molecular complexity index is 419. The maximum absolute atomic E-state index is 3.47. The van der Waals surface area contributed by atoms with E-state index in [1.165, 1.54) is 30.5 Å². The van der Waals surface area contributed by atoms with Crippen molar-refractivity contribution >= 4 is 5.52 Å². The lowest BCUT2D eigenvalue weighted by molar-refractivity contribution is 0.462. The molecule has 2 aromatic rings. The van der Waals surface area contributed by atoms with Crippen molar-refractivity contribution in [2.45, 2.75) is 18.8 Å². The van der Waals surface area contributed by atoms with Crippen molar-refractivity contribution in [1.82, 2.24) is 9.72 Å². The first-order chi connectivity index (χ1) is 7.43. The fraction of sp³-hybridized carbons (Fsp3) is 0.385. The van der Waals surface area contributed by atoms with Crippen LogP contribution in [0.5, 0.6) is 0 Å². The lowest BCUT2D eigenvalue weighted by atomic mass is 9.94. The molecule has 0 radical (unpaired) electrons. The van der Waals surface area contributed by atoms with E-state index in [1.807, 2.05) is 0 Å². The van der Waals surface area contributed by atoms with Crippen LogP contribution in [0.3, 0.4) is 0 Å². The zero-order valence-electron chi connectivity index (χ0n) is 8.82. The van der Waals surface area contributed by atoms with E-state index in [0.717, 1.165) is 6.54 Å². The van der Waals surface area contributed by atoms with Crippen molar-refractivity contribution in [3.63, 3.8) is 0 Å². The van der Waals surface area contributed by atoms with Gasteiger partial charge in [0, 0.05) is 24.5 Å². The number of piperidine rings is 1. The number of pyridine rings is 1. The first-order valence-corrected chi connectivity index (χ1v) is 5.71. The Morgan fingerprint density at radius 2 is 2.33 bits per heavy atom. The third kappa shape index (κ3) is 1.65. The Morgan fingerprint density at radius 3 is 3.13 bits per heavy atom. The molecule has 15 heavy (non-hydrogen) atoms. The van der Waals surface area contributed by atoms with Crippen molar-refractivity contribution < 1.29 is 0 Å². The summed E-state index contributed by atoms with van der Waals surface area (Å²) in [6.07, 6.45) is 7.02. The molecule has 78 valence electrons. The highest BCUT2D eigenvalue weighted by Gasteiger charge is 2.16. The van der Waals surface area contributed by atoms with Crippen LogP contribution in [0, 0.1) is 0 Å². The van der Waals surface area contributed by atoms with Gasteiger partial charge in [-0.15, -0.1) is 0 Å². The minimum atomic E-state index is 0.707. The Balaban J connectivity index is 1.96. The number of nitrogens with zero attached hydrogens (tertiary/aromatic N) is 1. The summed E-state index contributed by atoms with van der Waals surface area (Å²) in [5.74, 6) is 0.707. The number of hydrogen-bond acceptors (Lipinski definition) is 1. The highest BCUT2D eigenvalue weighted by molar-refractivity contribution is 5.51. The van der Waals surface area contributed by atoms with Gasteiger partial charge < -0.3 is 9.72 Å². The predicted octanol–water partition coefficient (Wildman–Crippen LogP) is 2.41. The number of fused-ring (bicyclic) bond motifs is 1. The summed E-state index contributed by atoms with van der Waals surface area (Å²) in [6.45, 7) is 2.32. The van der Waals surface area contributed by atoms with Crippen molar-refractivity contribution in [3.8, 4) is 0 Å². The highest BCUT2D eigenvalue weighted by atomic mass is 14.9. The molecule has 2 aromatic heterocycles. The molecule has 1 N–H and O–H groups in total. The SMILES string of the molecule is c1ccn2cc(C3CCCNC3)cc2c1. The molecule has 0 amide bonds. The fourth-order valence-electron chi connectivity index (χ4n) is 2.44. The topological polar surface area (TPSA) is 16.4 Å². The van der Waals surface area contributed by atoms with Crippen LogP contribution in [0.2, 0.25) is 0 Å². The van der Waals surface area contributed by atoms with Gasteiger partial charge in [0.1, 0.15) is 0 Å². The maximum Gasteiger partial charge on any atom is 0.0452 e. The zero-order valence-corrected chi connectivity index (χ0v) is 8.82. The van der Waals surface area contributed by atoms with Crippen LogP contribution >= 0.6 is 0 Å². The van der Waals surface area contributed by atoms with Crippen LogP contribution in [-0.2, 0) is 0 Å². The number of aromatic nitrogens is 1. The first kappa shape index (κ1) is 8.98. The maximum atomic E-state index is 3.47. The lowest BCUT2D eigenvalue weighted by Crippen LogP contribution is -2.28. The van der Waals surface area contributed by atoms with Gasteiger partial charge in [0.2, 0.25) is 0 Å². The molecule has 2 nitrogen and oxygen atoms in total. The molecule has 1 aliphatic heterocycles. The molecule has 0 bridgehead atoms. The van der Waals surface area contributed by atoms with Gasteiger partial charge in [-0.3, -0.25) is 0 Å². The lowest BCUT2D eigenvalue weighted by Gasteiger charge is -2.21. The Labute approximate surface area is 89.9 Å². The minimum absolute atomic E-state index is 0.707. The molecule has 1 fully saturated rings. The highest BCUT2D eigenvalue weighted by Crippen LogP contribution is 2.25. The zero-order chi connectivity index (χ0) is 10.1. The third-order valence-corrected chi connectivity index (χ3v) is 3.29. The summed E-state index contributed by atoms with van der Waals surface area (Å²) in [7, 11) is 0. The second-order valence-corrected chi connectivity index (χ2v) is 4.35. The molecular formula is C13H16N2. The first-order valence-electron chi connectivity index (χ1n) is 5.71. The van der Waals surface area contributed by atoms with Gasteiger partial charge in [0.05, 0.1) is 0 Å². The molecule has 1 saturated heterocycles. The van der Waals surface area contributed by atoms with E-state index in [1.54, 1.807) is 0 Å². The van der Waals surface area contributed by atoms with Crippen LogP contribution in [0.4, 0.5) is 0 Å². The summed E-state index contributed by atoms with van der Waals surface area (Å²) < 4.78 is 2.21. The van der Waals surface area contributed by atoms with Crippen LogP contribution < -0.4 is 5.32 Å². The Kier molecular flexibility index (Phi) is 2.22. The monoisotopic (exact) mass is 200 g/mol. The van der Waals surface area contributed by atoms with Crippen LogP contribution in [0.15, 0.2) is 36.7 Å². The van der Waals surface area contributed by atoms with E-state index in [9.17, 15) is 0 Å². The quantitative estimate of drug-likeness (QED) is 0.747. The average molecular weight is 200 g/mol. The van der Waals surface area contributed by atoms with E-state index in [4.69, 9.17) is 0 Å². The van der Waals surface area contributed by atoms with Crippen molar-refractivity contribution in [1.29, 1.82) is 0 Å². The molecule has 1 atom stereocenters. The van der Waals surface area contributed by atoms with Gasteiger partial charge in [-0.05, 0) is 49.1 Å². The summed E-state index contributed by atoms with van der Waals surface area (Å²) >= 11 is 0. The summed E-state index contributed by atoms with van der Waals surface area (Å²) in [6, 6.07) is 8.66. The van der Waals surface area contributed by atoms with Gasteiger partial charge in [0.25, 0.3) is 0 Å². The molecule has 0 spiro atoms. The molecule has 3 heterocycles. The summed E-state index contributed by atoms with van der Waals surface area (Å²) in [5, 5.41) is 3.47. The van der Waals surface area contributed by atoms with Gasteiger partial charge in [-0.1, -0.05) is 6.07 Å². The van der Waals surface area contributed by atoms with Crippen molar-refractivity contribution in [2.24, 2.45) is 0 Å². The smallest absolute Gasteiger partial charge is 0.0452 e. The fourth-order valence-corrected chi connectivity index (χ4v) is 2.44. The van der Waals surface area contributed by atoms with Gasteiger partial charge in [0.15, 0.2) is 0 Å². The third-order valence-electron chi connectivity index (χ3n) is 3.29. The van der Waals surface area contributed by atoms with E-state index < -0.39 is 0 Å². The second kappa shape index (κ2) is 3.70. The number of nitrogens with one attached hydrogen (secondary N) is 1. The van der Waals surface area contributed by atoms with Crippen molar-refractivity contribution in [2.75, 3.05) is 13.1 Å². The normalized spacial score (nSPS) is 22.0. The molecule has 1 aliphatic rings. The summed E-state index contributed by atoms with van der Waals surface area (Å²) in [4.78, 5) is 0. The molecule has 2 heteroatoms. The van der Waals surface area contributed by atoms with Crippen molar-refractivity contribution in [3.05, 3.63) is 42.2 Å². The van der Waals surface area contributed by atoms with Gasteiger partial charge in [-0.2, -0.15) is 0 Å². The van der Waals surface area contributed by atoms with Gasteiger partial charge in [-0.25, -0.2) is 0 Å². The van der Waals surface area contributed by atoms with E-state index in [0.29, 0.717) is 5.92 Å². The van der Waals surface area contributed by atoms with Crippen LogP contribution in [0.1, 0.15) is 24.3 Å². The Hall–Kier alpha value is -1.28. The largest absolute Gasteiger partial charge is 0.324 e. The van der Waals surface area contributed by atoms with Crippen LogP contribution in [-0.4, -0.2) is 17.5 Å². The molecule has 0 aliphatic carbocycles. The molecule has 1 unspecified atom stereocenters. The molecule has 0 aromatic carbocycles. The summed E-state index contributed by atoms with van der Waals surface area (Å²) in [5.41, 5.74) is 2.78. The van der Waals surface area contributed by atoms with Gasteiger partial charge >= 0.3 is 0 Å². The molecular weight excluding hydrogens is 184 g/mol. The number of hydrogen-bond donors (Lipinski definition) is 1. The number of rotatable bonds is 1. The van der Waals surface area contributed by atoms with Crippen LogP contribution in [0.25, 0.3) is 5.52 Å². The van der Waals surface area contributed by atoms with E-state index >= 15 is 0 Å². The Morgan fingerprint density at radius 1 is 1.33 bits per heavy atom. The molecule has 3 rings (SSSR count). The standard InChI is InChI=1S/C13H16N2/c1-2-7-15-10-12(8-13(15)5-1)11-4-3-6-14-9-11/h1-2,5,7-8,10-11,14H,3-4,6,9H2. The van der Waals surface area contributed by atoms with E-state index in [-0.39, 0.29) is 0 Å².